The molecule has 1 heterocycles. The van der Waals surface area contributed by atoms with E-state index >= 15 is 0 Å². The maximum atomic E-state index is 11.9. The van der Waals surface area contributed by atoms with Crippen LogP contribution in [0.5, 0.6) is 11.5 Å². The molecule has 116 valence electrons. The molecule has 0 aromatic heterocycles. The molecule has 4 nitrogen and oxygen atoms in total. The van der Waals surface area contributed by atoms with Crippen LogP contribution in [0.2, 0.25) is 0 Å². The van der Waals surface area contributed by atoms with Gasteiger partial charge in [0.2, 0.25) is 0 Å². The molecule has 0 aliphatic carbocycles. The first-order chi connectivity index (χ1) is 11.0. The fourth-order valence-corrected chi connectivity index (χ4v) is 2.69. The summed E-state index contributed by atoms with van der Waals surface area (Å²) >= 11 is 0. The summed E-state index contributed by atoms with van der Waals surface area (Å²) in [7, 11) is 0. The van der Waals surface area contributed by atoms with E-state index in [4.69, 9.17) is 4.74 Å². The van der Waals surface area contributed by atoms with Crippen LogP contribution in [0.1, 0.15) is 16.7 Å². The van der Waals surface area contributed by atoms with E-state index < -0.39 is 0 Å². The first-order valence-electron chi connectivity index (χ1n) is 7.37. The Morgan fingerprint density at radius 3 is 1.83 bits per heavy atom. The predicted octanol–water partition coefficient (Wildman–Crippen LogP) is 3.83. The molecular formula is C19H17NO3. The number of hydrogen-bond acceptors (Lipinski definition) is 3. The van der Waals surface area contributed by atoms with Crippen molar-refractivity contribution in [2.24, 2.45) is 0 Å². The van der Waals surface area contributed by atoms with Crippen LogP contribution in [0.25, 0.3) is 0 Å². The Morgan fingerprint density at radius 2 is 1.30 bits per heavy atom. The van der Waals surface area contributed by atoms with Gasteiger partial charge in [-0.2, -0.15) is 0 Å². The van der Waals surface area contributed by atoms with Crippen LogP contribution in [0.3, 0.4) is 0 Å². The number of imide groups is 1. The lowest BCUT2D eigenvalue weighted by Crippen LogP contribution is -2.30. The molecule has 4 heteroatoms. The minimum Gasteiger partial charge on any atom is -0.457 e. The van der Waals surface area contributed by atoms with Crippen molar-refractivity contribution in [2.75, 3.05) is 4.90 Å². The molecule has 2 aromatic rings. The van der Waals surface area contributed by atoms with E-state index in [0.717, 1.165) is 16.9 Å². The summed E-state index contributed by atoms with van der Waals surface area (Å²) in [6.07, 6.45) is 2.58. The summed E-state index contributed by atoms with van der Waals surface area (Å²) < 4.78 is 5.86. The standard InChI is InChI=1S/C19H17NO3/c1-12-4-6-15(7-5-12)23-16-10-13(2)19(14(3)11-16)20-17(21)8-9-18(20)22/h4-11H,1-3H3. The largest absolute Gasteiger partial charge is 0.457 e. The minimum atomic E-state index is -0.312. The Balaban J connectivity index is 1.93. The highest BCUT2D eigenvalue weighted by atomic mass is 16.5. The molecular weight excluding hydrogens is 290 g/mol. The van der Waals surface area contributed by atoms with E-state index in [1.54, 1.807) is 0 Å². The van der Waals surface area contributed by atoms with E-state index in [2.05, 4.69) is 0 Å². The maximum absolute atomic E-state index is 11.9. The van der Waals surface area contributed by atoms with Crippen LogP contribution in [0, 0.1) is 20.8 Å². The van der Waals surface area contributed by atoms with Crippen molar-refractivity contribution in [3.8, 4) is 11.5 Å². The molecule has 2 aromatic carbocycles. The Hall–Kier alpha value is -2.88. The zero-order valence-corrected chi connectivity index (χ0v) is 13.3. The van der Waals surface area contributed by atoms with Gasteiger partial charge in [-0.15, -0.1) is 0 Å². The molecule has 0 saturated heterocycles. The first-order valence-corrected chi connectivity index (χ1v) is 7.37. The Morgan fingerprint density at radius 1 is 0.783 bits per heavy atom. The zero-order valence-electron chi connectivity index (χ0n) is 13.3. The summed E-state index contributed by atoms with van der Waals surface area (Å²) in [5, 5.41) is 0. The van der Waals surface area contributed by atoms with Gasteiger partial charge in [0.15, 0.2) is 0 Å². The van der Waals surface area contributed by atoms with E-state index in [-0.39, 0.29) is 11.8 Å². The smallest absolute Gasteiger partial charge is 0.258 e. The summed E-state index contributed by atoms with van der Waals surface area (Å²) in [5.41, 5.74) is 3.43. The maximum Gasteiger partial charge on any atom is 0.258 e. The third kappa shape index (κ3) is 2.88. The lowest BCUT2D eigenvalue weighted by Gasteiger charge is -2.20. The van der Waals surface area contributed by atoms with Crippen molar-refractivity contribution in [1.82, 2.24) is 0 Å². The quantitative estimate of drug-likeness (QED) is 0.810. The van der Waals surface area contributed by atoms with Crippen LogP contribution < -0.4 is 9.64 Å². The Labute approximate surface area is 135 Å². The average Bonchev–Trinajstić information content (AvgIpc) is 2.81. The molecule has 2 amide bonds. The molecule has 0 saturated carbocycles. The first kappa shape index (κ1) is 15.0. The number of ether oxygens (including phenoxy) is 1. The molecule has 0 unspecified atom stereocenters. The van der Waals surface area contributed by atoms with Gasteiger partial charge >= 0.3 is 0 Å². The number of anilines is 1. The molecule has 0 bridgehead atoms. The molecule has 0 N–H and O–H groups in total. The normalized spacial score (nSPS) is 13.8. The molecule has 0 atom stereocenters. The van der Waals surface area contributed by atoms with Crippen LogP contribution in [0.15, 0.2) is 48.6 Å². The van der Waals surface area contributed by atoms with Crippen molar-refractivity contribution in [1.29, 1.82) is 0 Å². The van der Waals surface area contributed by atoms with Crippen LogP contribution >= 0.6 is 0 Å². The van der Waals surface area contributed by atoms with Crippen molar-refractivity contribution < 1.29 is 14.3 Å². The fraction of sp³-hybridized carbons (Fsp3) is 0.158. The average molecular weight is 307 g/mol. The molecule has 1 aliphatic rings. The zero-order chi connectivity index (χ0) is 16.6. The second-order valence-corrected chi connectivity index (χ2v) is 5.67. The Kier molecular flexibility index (Phi) is 3.74. The number of benzene rings is 2. The van der Waals surface area contributed by atoms with Crippen LogP contribution in [-0.2, 0) is 9.59 Å². The number of amides is 2. The molecule has 0 spiro atoms. The Bertz CT molecular complexity index is 778. The van der Waals surface area contributed by atoms with E-state index in [0.29, 0.717) is 11.4 Å². The summed E-state index contributed by atoms with van der Waals surface area (Å²) in [6, 6.07) is 11.5. The highest BCUT2D eigenvalue weighted by Crippen LogP contribution is 2.33. The number of nitrogens with zero attached hydrogens (tertiary/aromatic N) is 1. The minimum absolute atomic E-state index is 0.312. The highest BCUT2D eigenvalue weighted by molar-refractivity contribution is 6.28. The van der Waals surface area contributed by atoms with Gasteiger partial charge < -0.3 is 4.74 Å². The summed E-state index contributed by atoms with van der Waals surface area (Å²) in [5.74, 6) is 0.804. The topological polar surface area (TPSA) is 46.6 Å². The van der Waals surface area contributed by atoms with Crippen molar-refractivity contribution in [3.05, 3.63) is 65.2 Å². The summed E-state index contributed by atoms with van der Waals surface area (Å²) in [4.78, 5) is 25.0. The third-order valence-corrected chi connectivity index (χ3v) is 3.75. The van der Waals surface area contributed by atoms with Gasteiger partial charge in [0.1, 0.15) is 11.5 Å². The number of carbonyl (C=O) groups is 2. The van der Waals surface area contributed by atoms with E-state index in [1.807, 2.05) is 57.2 Å². The van der Waals surface area contributed by atoms with Gasteiger partial charge in [-0.3, -0.25) is 9.59 Å². The fourth-order valence-electron chi connectivity index (χ4n) is 2.69. The van der Waals surface area contributed by atoms with E-state index in [1.165, 1.54) is 22.6 Å². The molecule has 0 radical (unpaired) electrons. The van der Waals surface area contributed by atoms with Gasteiger partial charge in [-0.05, 0) is 56.2 Å². The second kappa shape index (κ2) is 5.72. The summed E-state index contributed by atoms with van der Waals surface area (Å²) in [6.45, 7) is 5.75. The molecule has 3 rings (SSSR count). The number of carbonyl (C=O) groups excluding carboxylic acids is 2. The SMILES string of the molecule is Cc1ccc(Oc2cc(C)c(N3C(=O)C=CC3=O)c(C)c2)cc1. The van der Waals surface area contributed by atoms with Gasteiger partial charge in [-0.25, -0.2) is 4.90 Å². The molecule has 0 fully saturated rings. The van der Waals surface area contributed by atoms with Crippen LogP contribution in [-0.4, -0.2) is 11.8 Å². The third-order valence-electron chi connectivity index (χ3n) is 3.75. The van der Waals surface area contributed by atoms with Crippen molar-refractivity contribution in [3.63, 3.8) is 0 Å². The van der Waals surface area contributed by atoms with Gasteiger partial charge in [0.25, 0.3) is 11.8 Å². The monoisotopic (exact) mass is 307 g/mol. The molecule has 23 heavy (non-hydrogen) atoms. The second-order valence-electron chi connectivity index (χ2n) is 5.67. The number of aryl methyl sites for hydroxylation is 3. The van der Waals surface area contributed by atoms with Crippen molar-refractivity contribution in [2.45, 2.75) is 20.8 Å². The van der Waals surface area contributed by atoms with Gasteiger partial charge in [0.05, 0.1) is 5.69 Å². The predicted molar refractivity (Wildman–Crippen MR) is 88.8 cm³/mol. The lowest BCUT2D eigenvalue weighted by molar-refractivity contribution is -0.120. The molecule has 1 aliphatic heterocycles. The van der Waals surface area contributed by atoms with Gasteiger partial charge in [0, 0.05) is 12.2 Å². The lowest BCUT2D eigenvalue weighted by atomic mass is 10.1. The van der Waals surface area contributed by atoms with Crippen molar-refractivity contribution >= 4 is 17.5 Å². The van der Waals surface area contributed by atoms with Gasteiger partial charge in [-0.1, -0.05) is 17.7 Å². The van der Waals surface area contributed by atoms with Crippen LogP contribution in [0.4, 0.5) is 5.69 Å². The van der Waals surface area contributed by atoms with E-state index in [9.17, 15) is 9.59 Å². The number of hydrogen-bond donors (Lipinski definition) is 0. The number of rotatable bonds is 3. The highest BCUT2D eigenvalue weighted by Gasteiger charge is 2.28.